The molecule has 1 aromatic carbocycles. The molecule has 0 saturated carbocycles. The summed E-state index contributed by atoms with van der Waals surface area (Å²) >= 11 is 1.85. The van der Waals surface area contributed by atoms with Crippen LogP contribution >= 0.6 is 11.8 Å². The molecule has 1 unspecified atom stereocenters. The number of aryl methyl sites for hydroxylation is 1. The average molecular weight is 268 g/mol. The smallest absolute Gasteiger partial charge is 0.337 e. The van der Waals surface area contributed by atoms with E-state index < -0.39 is 5.97 Å². The summed E-state index contributed by atoms with van der Waals surface area (Å²) in [5.74, 6) is 1.07. The topological polar surface area (TPSA) is 75.3 Å². The highest BCUT2D eigenvalue weighted by Crippen LogP contribution is 2.23. The Balaban J connectivity index is 2.87. The second kappa shape index (κ2) is 6.54. The quantitative estimate of drug-likeness (QED) is 0.692. The van der Waals surface area contributed by atoms with Gasteiger partial charge in [0.15, 0.2) is 0 Å². The van der Waals surface area contributed by atoms with E-state index in [2.05, 4.69) is 19.2 Å². The molecule has 18 heavy (non-hydrogen) atoms. The summed E-state index contributed by atoms with van der Waals surface area (Å²) in [7, 11) is 0. The number of thioether (sulfide) groups is 1. The van der Waals surface area contributed by atoms with Crippen LogP contribution in [0.2, 0.25) is 0 Å². The predicted octanol–water partition coefficient (Wildman–Crippen LogP) is 2.83. The van der Waals surface area contributed by atoms with Crippen LogP contribution in [0, 0.1) is 6.92 Å². The number of hydrogen-bond donors (Lipinski definition) is 3. The fourth-order valence-corrected chi connectivity index (χ4v) is 2.35. The number of nitrogens with two attached hydrogens (primary N) is 1. The first kappa shape index (κ1) is 14.7. The van der Waals surface area contributed by atoms with Crippen molar-refractivity contribution in [3.8, 4) is 0 Å². The van der Waals surface area contributed by atoms with Crippen molar-refractivity contribution in [2.24, 2.45) is 0 Å². The first-order valence-corrected chi connectivity index (χ1v) is 7.08. The Bertz CT molecular complexity index is 435. The molecule has 0 heterocycles. The van der Waals surface area contributed by atoms with Gasteiger partial charge in [0, 0.05) is 23.2 Å². The Morgan fingerprint density at radius 3 is 2.78 bits per heavy atom. The molecule has 1 aromatic rings. The summed E-state index contributed by atoms with van der Waals surface area (Å²) in [5.41, 5.74) is 7.84. The van der Waals surface area contributed by atoms with E-state index in [0.29, 0.717) is 11.7 Å². The molecule has 0 aromatic heterocycles. The lowest BCUT2D eigenvalue weighted by atomic mass is 10.1. The maximum absolute atomic E-state index is 11.1. The number of hydrogen-bond acceptors (Lipinski definition) is 4. The van der Waals surface area contributed by atoms with E-state index in [1.807, 2.05) is 24.8 Å². The molecule has 0 aliphatic rings. The van der Waals surface area contributed by atoms with Crippen molar-refractivity contribution in [1.29, 1.82) is 0 Å². The van der Waals surface area contributed by atoms with Crippen molar-refractivity contribution in [3.63, 3.8) is 0 Å². The highest BCUT2D eigenvalue weighted by Gasteiger charge is 2.12. The number of rotatable bonds is 6. The first-order chi connectivity index (χ1) is 8.45. The summed E-state index contributed by atoms with van der Waals surface area (Å²) in [6, 6.07) is 3.77. The van der Waals surface area contributed by atoms with Gasteiger partial charge in [-0.2, -0.15) is 11.8 Å². The van der Waals surface area contributed by atoms with Gasteiger partial charge in [-0.1, -0.05) is 6.92 Å². The third-order valence-corrected chi connectivity index (χ3v) is 3.75. The number of carboxylic acid groups (broad SMARTS) is 1. The lowest BCUT2D eigenvalue weighted by molar-refractivity contribution is 0.0698. The summed E-state index contributed by atoms with van der Waals surface area (Å²) < 4.78 is 0. The Labute approximate surface area is 112 Å². The van der Waals surface area contributed by atoms with Crippen LogP contribution in [0.1, 0.15) is 29.8 Å². The molecule has 4 nitrogen and oxygen atoms in total. The Morgan fingerprint density at radius 2 is 2.22 bits per heavy atom. The zero-order valence-corrected chi connectivity index (χ0v) is 11.8. The molecule has 0 bridgehead atoms. The van der Waals surface area contributed by atoms with Crippen LogP contribution in [-0.2, 0) is 0 Å². The van der Waals surface area contributed by atoms with Gasteiger partial charge in [0.1, 0.15) is 0 Å². The van der Waals surface area contributed by atoms with Crippen LogP contribution in [0.25, 0.3) is 0 Å². The molecule has 0 radical (unpaired) electrons. The highest BCUT2D eigenvalue weighted by molar-refractivity contribution is 7.99. The van der Waals surface area contributed by atoms with E-state index in [1.165, 1.54) is 0 Å². The largest absolute Gasteiger partial charge is 0.478 e. The van der Waals surface area contributed by atoms with Gasteiger partial charge in [-0.3, -0.25) is 0 Å². The minimum absolute atomic E-state index is 0.160. The second-order valence-corrected chi connectivity index (χ2v) is 5.58. The molecular weight excluding hydrogens is 248 g/mol. The van der Waals surface area contributed by atoms with Gasteiger partial charge in [-0.15, -0.1) is 0 Å². The molecule has 5 heteroatoms. The van der Waals surface area contributed by atoms with E-state index >= 15 is 0 Å². The van der Waals surface area contributed by atoms with Crippen molar-refractivity contribution in [2.75, 3.05) is 22.6 Å². The SMILES string of the molecule is CCSCC(C)Nc1cc(C)c(N)c(C(=O)O)c1. The van der Waals surface area contributed by atoms with Gasteiger partial charge in [-0.05, 0) is 37.3 Å². The Hall–Kier alpha value is -1.36. The van der Waals surface area contributed by atoms with E-state index in [-0.39, 0.29) is 5.56 Å². The maximum Gasteiger partial charge on any atom is 0.337 e. The molecule has 0 spiro atoms. The summed E-state index contributed by atoms with van der Waals surface area (Å²) in [6.07, 6.45) is 0. The molecule has 0 saturated heterocycles. The molecule has 0 fully saturated rings. The number of benzene rings is 1. The van der Waals surface area contributed by atoms with Crippen LogP contribution in [0.5, 0.6) is 0 Å². The van der Waals surface area contributed by atoms with Crippen molar-refractivity contribution in [1.82, 2.24) is 0 Å². The van der Waals surface area contributed by atoms with E-state index in [0.717, 1.165) is 22.8 Å². The molecule has 0 amide bonds. The van der Waals surface area contributed by atoms with Gasteiger partial charge >= 0.3 is 5.97 Å². The molecular formula is C13H20N2O2S. The van der Waals surface area contributed by atoms with Crippen molar-refractivity contribution in [3.05, 3.63) is 23.3 Å². The number of nitrogens with one attached hydrogen (secondary N) is 1. The lowest BCUT2D eigenvalue weighted by Crippen LogP contribution is -2.18. The van der Waals surface area contributed by atoms with Crippen LogP contribution in [0.15, 0.2) is 12.1 Å². The third-order valence-electron chi connectivity index (χ3n) is 2.60. The van der Waals surface area contributed by atoms with Crippen LogP contribution in [0.4, 0.5) is 11.4 Å². The minimum Gasteiger partial charge on any atom is -0.478 e. The molecule has 0 aliphatic heterocycles. The van der Waals surface area contributed by atoms with Crippen LogP contribution in [0.3, 0.4) is 0 Å². The van der Waals surface area contributed by atoms with Gasteiger partial charge in [0.05, 0.1) is 5.56 Å². The number of nitrogen functional groups attached to an aromatic ring is 1. The number of carbonyl (C=O) groups is 1. The summed E-state index contributed by atoms with van der Waals surface area (Å²) in [6.45, 7) is 6.01. The van der Waals surface area contributed by atoms with Gasteiger partial charge in [-0.25, -0.2) is 4.79 Å². The monoisotopic (exact) mass is 268 g/mol. The number of anilines is 2. The number of carboxylic acids is 1. The maximum atomic E-state index is 11.1. The van der Waals surface area contributed by atoms with E-state index in [4.69, 9.17) is 10.8 Å². The molecule has 0 aliphatic carbocycles. The van der Waals surface area contributed by atoms with Crippen molar-refractivity contribution >= 4 is 29.1 Å². The van der Waals surface area contributed by atoms with Crippen LogP contribution in [-0.4, -0.2) is 28.6 Å². The van der Waals surface area contributed by atoms with Crippen molar-refractivity contribution < 1.29 is 9.90 Å². The van der Waals surface area contributed by atoms with Gasteiger partial charge in [0.2, 0.25) is 0 Å². The Kier molecular flexibility index (Phi) is 5.34. The van der Waals surface area contributed by atoms with E-state index in [1.54, 1.807) is 6.07 Å². The summed E-state index contributed by atoms with van der Waals surface area (Å²) in [5, 5.41) is 12.4. The minimum atomic E-state index is -0.991. The lowest BCUT2D eigenvalue weighted by Gasteiger charge is -2.16. The predicted molar refractivity (Wildman–Crippen MR) is 78.6 cm³/mol. The zero-order chi connectivity index (χ0) is 13.7. The fraction of sp³-hybridized carbons (Fsp3) is 0.462. The van der Waals surface area contributed by atoms with E-state index in [9.17, 15) is 4.79 Å². The third kappa shape index (κ3) is 3.84. The molecule has 1 rings (SSSR count). The molecule has 1 atom stereocenters. The number of aromatic carboxylic acids is 1. The summed E-state index contributed by atoms with van der Waals surface area (Å²) in [4.78, 5) is 11.1. The Morgan fingerprint density at radius 1 is 1.56 bits per heavy atom. The normalized spacial score (nSPS) is 12.2. The fourth-order valence-electron chi connectivity index (χ4n) is 1.68. The van der Waals surface area contributed by atoms with Crippen LogP contribution < -0.4 is 11.1 Å². The second-order valence-electron chi connectivity index (χ2n) is 4.26. The first-order valence-electron chi connectivity index (χ1n) is 5.93. The average Bonchev–Trinajstić information content (AvgIpc) is 2.30. The molecule has 4 N–H and O–H groups in total. The van der Waals surface area contributed by atoms with Crippen molar-refractivity contribution in [2.45, 2.75) is 26.8 Å². The van der Waals surface area contributed by atoms with Gasteiger partial charge in [0.25, 0.3) is 0 Å². The molecule has 100 valence electrons. The zero-order valence-electron chi connectivity index (χ0n) is 11.0. The van der Waals surface area contributed by atoms with Gasteiger partial charge < -0.3 is 16.2 Å². The standard InChI is InChI=1S/C13H20N2O2S/c1-4-18-7-9(3)15-10-5-8(2)12(14)11(6-10)13(16)17/h5-6,9,15H,4,7,14H2,1-3H3,(H,16,17). The highest BCUT2D eigenvalue weighted by atomic mass is 32.2.